The lowest BCUT2D eigenvalue weighted by atomic mass is 10.1. The van der Waals surface area contributed by atoms with Crippen molar-refractivity contribution in [3.8, 4) is 0 Å². The molecule has 1 saturated heterocycles. The zero-order valence-electron chi connectivity index (χ0n) is 12.2. The lowest BCUT2D eigenvalue weighted by Crippen LogP contribution is -2.41. The molecule has 2 atom stereocenters. The van der Waals surface area contributed by atoms with Crippen molar-refractivity contribution in [3.63, 3.8) is 0 Å². The fourth-order valence-corrected chi connectivity index (χ4v) is 2.85. The van der Waals surface area contributed by atoms with Crippen LogP contribution in [0, 0.1) is 0 Å². The quantitative estimate of drug-likeness (QED) is 0.663. The monoisotopic (exact) mass is 263 g/mol. The largest absolute Gasteiger partial charge is 0.415 e. The van der Waals surface area contributed by atoms with Crippen molar-refractivity contribution >= 4 is 8.32 Å². The molecule has 0 amide bonds. The predicted octanol–water partition coefficient (Wildman–Crippen LogP) is 3.72. The van der Waals surface area contributed by atoms with E-state index >= 15 is 0 Å². The van der Waals surface area contributed by atoms with Gasteiger partial charge in [0.2, 0.25) is 0 Å². The maximum atomic E-state index is 6.25. The number of benzene rings is 1. The van der Waals surface area contributed by atoms with Gasteiger partial charge in [-0.3, -0.25) is 0 Å². The number of hydrogen-bond acceptors (Lipinski definition) is 2. The Kier molecular flexibility index (Phi) is 3.67. The third kappa shape index (κ3) is 3.02. The van der Waals surface area contributed by atoms with Crippen LogP contribution < -0.4 is 5.32 Å². The number of nitrogens with one attached hydrogen (secondary N) is 1. The molecule has 0 aromatic heterocycles. The average Bonchev–Trinajstić information content (AvgIpc) is 3.06. The van der Waals surface area contributed by atoms with Gasteiger partial charge in [0, 0.05) is 6.04 Å². The molecule has 0 spiro atoms. The molecule has 1 heterocycles. The number of hydrogen-bond donors (Lipinski definition) is 1. The van der Waals surface area contributed by atoms with Crippen molar-refractivity contribution in [3.05, 3.63) is 35.9 Å². The van der Waals surface area contributed by atoms with Crippen molar-refractivity contribution in [2.45, 2.75) is 51.0 Å². The number of rotatable bonds is 4. The van der Waals surface area contributed by atoms with E-state index in [0.29, 0.717) is 17.1 Å². The highest BCUT2D eigenvalue weighted by Crippen LogP contribution is 2.38. The Balaban J connectivity index is 1.85. The van der Waals surface area contributed by atoms with E-state index in [0.717, 1.165) is 6.61 Å². The van der Waals surface area contributed by atoms with Crippen LogP contribution in [0.5, 0.6) is 0 Å². The molecular formula is C15H25NOSi. The minimum Gasteiger partial charge on any atom is -0.415 e. The van der Waals surface area contributed by atoms with Crippen molar-refractivity contribution in [1.82, 2.24) is 5.32 Å². The highest BCUT2D eigenvalue weighted by molar-refractivity contribution is 6.74. The smallest absolute Gasteiger partial charge is 0.192 e. The van der Waals surface area contributed by atoms with Gasteiger partial charge < -0.3 is 9.74 Å². The fourth-order valence-electron chi connectivity index (χ4n) is 1.82. The zero-order chi connectivity index (χ0) is 13.4. The summed E-state index contributed by atoms with van der Waals surface area (Å²) in [6, 6.07) is 11.6. The summed E-state index contributed by atoms with van der Waals surface area (Å²) >= 11 is 0. The third-order valence-corrected chi connectivity index (χ3v) is 8.78. The topological polar surface area (TPSA) is 31.2 Å². The molecule has 18 heavy (non-hydrogen) atoms. The van der Waals surface area contributed by atoms with E-state index in [9.17, 15) is 0 Å². The van der Waals surface area contributed by atoms with Crippen LogP contribution in [0.3, 0.4) is 0 Å². The molecule has 0 bridgehead atoms. The molecule has 1 N–H and O–H groups in total. The van der Waals surface area contributed by atoms with E-state index in [4.69, 9.17) is 4.43 Å². The van der Waals surface area contributed by atoms with E-state index in [1.165, 1.54) is 5.56 Å². The molecule has 0 radical (unpaired) electrons. The van der Waals surface area contributed by atoms with Crippen LogP contribution in [0.15, 0.2) is 30.3 Å². The molecule has 1 aliphatic rings. The lowest BCUT2D eigenvalue weighted by molar-refractivity contribution is 0.287. The first-order valence-corrected chi connectivity index (χ1v) is 9.67. The standard InChI is InChI=1S/C15H25NOSi/c1-15(2,3)18(4,5)17-11-13-14(16-13)12-9-7-6-8-10-12/h6-10,13-14,16H,11H2,1-5H3/t13-,14-/m1/s1. The predicted molar refractivity (Wildman–Crippen MR) is 79.3 cm³/mol. The van der Waals surface area contributed by atoms with Gasteiger partial charge in [-0.25, -0.2) is 0 Å². The summed E-state index contributed by atoms with van der Waals surface area (Å²) in [5.41, 5.74) is 1.38. The summed E-state index contributed by atoms with van der Waals surface area (Å²) < 4.78 is 6.25. The van der Waals surface area contributed by atoms with Gasteiger partial charge in [0.05, 0.1) is 12.6 Å². The minimum absolute atomic E-state index is 0.296. The van der Waals surface area contributed by atoms with Crippen LogP contribution in [0.1, 0.15) is 32.4 Å². The first-order chi connectivity index (χ1) is 8.31. The Bertz CT molecular complexity index is 397. The van der Waals surface area contributed by atoms with Gasteiger partial charge in [-0.2, -0.15) is 0 Å². The SMILES string of the molecule is CC(C)(C)[Si](C)(C)OC[C@H]1N[C@@H]1c1ccccc1. The molecule has 1 aliphatic heterocycles. The Hall–Kier alpha value is -0.643. The maximum absolute atomic E-state index is 6.25. The van der Waals surface area contributed by atoms with Gasteiger partial charge in [0.25, 0.3) is 0 Å². The van der Waals surface area contributed by atoms with Gasteiger partial charge in [-0.1, -0.05) is 51.1 Å². The van der Waals surface area contributed by atoms with Gasteiger partial charge >= 0.3 is 0 Å². The molecule has 0 aliphatic carbocycles. The summed E-state index contributed by atoms with van der Waals surface area (Å²) in [5.74, 6) is 0. The second-order valence-corrected chi connectivity index (χ2v) is 11.5. The second-order valence-electron chi connectivity index (χ2n) is 6.73. The van der Waals surface area contributed by atoms with Gasteiger partial charge in [0.15, 0.2) is 8.32 Å². The molecule has 1 aromatic carbocycles. The molecule has 0 unspecified atom stereocenters. The Morgan fingerprint density at radius 2 is 1.78 bits per heavy atom. The van der Waals surface area contributed by atoms with E-state index in [1.807, 2.05) is 0 Å². The van der Waals surface area contributed by atoms with E-state index in [1.54, 1.807) is 0 Å². The van der Waals surface area contributed by atoms with Crippen molar-refractivity contribution in [1.29, 1.82) is 0 Å². The molecule has 0 saturated carbocycles. The molecule has 2 rings (SSSR count). The fraction of sp³-hybridized carbons (Fsp3) is 0.600. The normalized spacial score (nSPS) is 24.1. The van der Waals surface area contributed by atoms with Crippen LogP contribution >= 0.6 is 0 Å². The maximum Gasteiger partial charge on any atom is 0.192 e. The van der Waals surface area contributed by atoms with Gasteiger partial charge in [-0.05, 0) is 23.7 Å². The molecular weight excluding hydrogens is 238 g/mol. The molecule has 1 fully saturated rings. The Morgan fingerprint density at radius 1 is 1.17 bits per heavy atom. The summed E-state index contributed by atoms with van der Waals surface area (Å²) in [5, 5.41) is 3.80. The first-order valence-electron chi connectivity index (χ1n) is 6.76. The van der Waals surface area contributed by atoms with E-state index in [-0.39, 0.29) is 0 Å². The molecule has 3 heteroatoms. The van der Waals surface area contributed by atoms with Crippen LogP contribution in [-0.4, -0.2) is 21.0 Å². The van der Waals surface area contributed by atoms with Crippen molar-refractivity contribution in [2.24, 2.45) is 0 Å². The van der Waals surface area contributed by atoms with Crippen LogP contribution in [-0.2, 0) is 4.43 Å². The molecule has 100 valence electrons. The Labute approximate surface area is 112 Å². The minimum atomic E-state index is -1.60. The third-order valence-electron chi connectivity index (χ3n) is 4.28. The second kappa shape index (κ2) is 4.80. The summed E-state index contributed by atoms with van der Waals surface area (Å²) in [4.78, 5) is 0. The zero-order valence-corrected chi connectivity index (χ0v) is 13.2. The van der Waals surface area contributed by atoms with Gasteiger partial charge in [-0.15, -0.1) is 0 Å². The van der Waals surface area contributed by atoms with Crippen LogP contribution in [0.4, 0.5) is 0 Å². The summed E-state index contributed by atoms with van der Waals surface area (Å²) in [6.07, 6.45) is 0. The summed E-state index contributed by atoms with van der Waals surface area (Å²) in [7, 11) is -1.60. The van der Waals surface area contributed by atoms with Crippen LogP contribution in [0.2, 0.25) is 18.1 Å². The average molecular weight is 263 g/mol. The van der Waals surface area contributed by atoms with Crippen LogP contribution in [0.25, 0.3) is 0 Å². The first kappa shape index (κ1) is 13.8. The van der Waals surface area contributed by atoms with Crippen molar-refractivity contribution in [2.75, 3.05) is 6.61 Å². The molecule has 1 aromatic rings. The highest BCUT2D eigenvalue weighted by Gasteiger charge is 2.42. The highest BCUT2D eigenvalue weighted by atomic mass is 28.4. The van der Waals surface area contributed by atoms with Crippen molar-refractivity contribution < 1.29 is 4.43 Å². The Morgan fingerprint density at radius 3 is 2.33 bits per heavy atom. The summed E-state index contributed by atoms with van der Waals surface area (Å²) in [6.45, 7) is 12.3. The van der Waals surface area contributed by atoms with E-state index < -0.39 is 8.32 Å². The molecule has 2 nitrogen and oxygen atoms in total. The van der Waals surface area contributed by atoms with E-state index in [2.05, 4.69) is 69.5 Å². The lowest BCUT2D eigenvalue weighted by Gasteiger charge is -2.36. The van der Waals surface area contributed by atoms with Gasteiger partial charge in [0.1, 0.15) is 0 Å².